The van der Waals surface area contributed by atoms with Crippen molar-refractivity contribution in [1.29, 1.82) is 0 Å². The lowest BCUT2D eigenvalue weighted by molar-refractivity contribution is 0.247. The van der Waals surface area contributed by atoms with E-state index in [4.69, 9.17) is 5.73 Å². The van der Waals surface area contributed by atoms with E-state index in [0.29, 0.717) is 0 Å². The quantitative estimate of drug-likeness (QED) is 0.490. The molecule has 0 aromatic rings. The number of urea groups is 1. The van der Waals surface area contributed by atoms with E-state index in [1.807, 2.05) is 12.2 Å². The fourth-order valence-electron chi connectivity index (χ4n) is 0.936. The number of amides is 2. The Morgan fingerprint density at radius 2 is 2.56 bits per heavy atom. The number of carbonyl (C=O) groups is 1. The number of hydrogen-bond donors (Lipinski definition) is 2. The van der Waals surface area contributed by atoms with Crippen LogP contribution in [0.1, 0.15) is 12.8 Å². The number of nitrogens with one attached hydrogen (secondary N) is 1. The number of hydrogen-bond acceptors (Lipinski definition) is 1. The van der Waals surface area contributed by atoms with E-state index in [2.05, 4.69) is 5.32 Å². The summed E-state index contributed by atoms with van der Waals surface area (Å²) in [6.07, 6.45) is 6.04. The zero-order chi connectivity index (χ0) is 6.69. The normalized spacial score (nSPS) is 24.2. The fourth-order valence-corrected chi connectivity index (χ4v) is 0.936. The maximum Gasteiger partial charge on any atom is 0.312 e. The van der Waals surface area contributed by atoms with Crippen molar-refractivity contribution in [1.82, 2.24) is 5.32 Å². The molecule has 1 aliphatic rings. The third-order valence-corrected chi connectivity index (χ3v) is 1.34. The van der Waals surface area contributed by atoms with Crippen molar-refractivity contribution in [2.24, 2.45) is 5.73 Å². The number of allylic oxidation sites excluding steroid dienone is 1. The molecule has 3 nitrogen and oxygen atoms in total. The number of primary amides is 1. The first-order valence-corrected chi connectivity index (χ1v) is 3.01. The van der Waals surface area contributed by atoms with E-state index in [9.17, 15) is 4.79 Å². The Morgan fingerprint density at radius 1 is 1.78 bits per heavy atom. The summed E-state index contributed by atoms with van der Waals surface area (Å²) in [6, 6.07) is -0.256. The van der Waals surface area contributed by atoms with E-state index < -0.39 is 6.03 Å². The maximum atomic E-state index is 10.2. The highest BCUT2D eigenvalue weighted by Gasteiger charge is 2.08. The van der Waals surface area contributed by atoms with Gasteiger partial charge in [0.05, 0.1) is 0 Å². The van der Waals surface area contributed by atoms with Gasteiger partial charge in [0.15, 0.2) is 0 Å². The highest BCUT2D eigenvalue weighted by Crippen LogP contribution is 2.07. The molecule has 1 atom stereocenters. The lowest BCUT2D eigenvalue weighted by atomic mass is 10.3. The molecular weight excluding hydrogens is 116 g/mol. The van der Waals surface area contributed by atoms with Crippen molar-refractivity contribution in [2.45, 2.75) is 18.9 Å². The summed E-state index contributed by atoms with van der Waals surface area (Å²) >= 11 is 0. The second-order valence-electron chi connectivity index (χ2n) is 2.12. The van der Waals surface area contributed by atoms with Gasteiger partial charge < -0.3 is 11.1 Å². The zero-order valence-electron chi connectivity index (χ0n) is 5.13. The van der Waals surface area contributed by atoms with Gasteiger partial charge in [-0.25, -0.2) is 4.79 Å². The van der Waals surface area contributed by atoms with Gasteiger partial charge in [0, 0.05) is 6.04 Å². The SMILES string of the molecule is NC(=O)NC1C=CCC1. The molecule has 2 amide bonds. The largest absolute Gasteiger partial charge is 0.352 e. The van der Waals surface area contributed by atoms with Gasteiger partial charge in [-0.15, -0.1) is 0 Å². The molecule has 0 heterocycles. The second-order valence-corrected chi connectivity index (χ2v) is 2.12. The molecule has 0 bridgehead atoms. The molecule has 0 saturated carbocycles. The topological polar surface area (TPSA) is 55.1 Å². The summed E-state index contributed by atoms with van der Waals surface area (Å²) in [7, 11) is 0. The van der Waals surface area contributed by atoms with Crippen molar-refractivity contribution in [3.8, 4) is 0 Å². The first-order valence-electron chi connectivity index (χ1n) is 3.01. The van der Waals surface area contributed by atoms with Crippen LogP contribution in [0.2, 0.25) is 0 Å². The molecule has 0 spiro atoms. The lowest BCUT2D eigenvalue weighted by Gasteiger charge is -2.05. The first kappa shape index (κ1) is 6.13. The van der Waals surface area contributed by atoms with Gasteiger partial charge in [-0.05, 0) is 12.8 Å². The fraction of sp³-hybridized carbons (Fsp3) is 0.500. The van der Waals surface area contributed by atoms with Gasteiger partial charge in [0.2, 0.25) is 0 Å². The number of carbonyl (C=O) groups excluding carboxylic acids is 1. The molecule has 3 heteroatoms. The third kappa shape index (κ3) is 1.76. The molecule has 3 N–H and O–H groups in total. The molecule has 1 aliphatic carbocycles. The van der Waals surface area contributed by atoms with Crippen LogP contribution in [0.3, 0.4) is 0 Å². The van der Waals surface area contributed by atoms with Gasteiger partial charge >= 0.3 is 6.03 Å². The summed E-state index contributed by atoms with van der Waals surface area (Å²) in [5.74, 6) is 0. The highest BCUT2D eigenvalue weighted by atomic mass is 16.2. The first-order chi connectivity index (χ1) is 4.29. The summed E-state index contributed by atoms with van der Waals surface area (Å²) < 4.78 is 0. The number of rotatable bonds is 1. The van der Waals surface area contributed by atoms with Gasteiger partial charge in [-0.1, -0.05) is 12.2 Å². The highest BCUT2D eigenvalue weighted by molar-refractivity contribution is 5.72. The molecule has 9 heavy (non-hydrogen) atoms. The lowest BCUT2D eigenvalue weighted by Crippen LogP contribution is -2.36. The third-order valence-electron chi connectivity index (χ3n) is 1.34. The van der Waals surface area contributed by atoms with Crippen LogP contribution in [0.4, 0.5) is 4.79 Å². The van der Waals surface area contributed by atoms with Gasteiger partial charge in [-0.2, -0.15) is 0 Å². The molecule has 0 radical (unpaired) electrons. The Labute approximate surface area is 53.9 Å². The van der Waals surface area contributed by atoms with E-state index in [1.165, 1.54) is 0 Å². The van der Waals surface area contributed by atoms with Crippen LogP contribution >= 0.6 is 0 Å². The van der Waals surface area contributed by atoms with E-state index in [-0.39, 0.29) is 6.04 Å². The summed E-state index contributed by atoms with van der Waals surface area (Å²) in [6.45, 7) is 0. The van der Waals surface area contributed by atoms with Gasteiger partial charge in [-0.3, -0.25) is 0 Å². The predicted molar refractivity (Wildman–Crippen MR) is 34.9 cm³/mol. The van der Waals surface area contributed by atoms with Gasteiger partial charge in [0.1, 0.15) is 0 Å². The second kappa shape index (κ2) is 2.53. The average molecular weight is 126 g/mol. The van der Waals surface area contributed by atoms with Crippen molar-refractivity contribution in [3.63, 3.8) is 0 Å². The monoisotopic (exact) mass is 126 g/mol. The van der Waals surface area contributed by atoms with Crippen LogP contribution in [0.15, 0.2) is 12.2 Å². The molecule has 0 fully saturated rings. The number of nitrogens with two attached hydrogens (primary N) is 1. The molecule has 0 aliphatic heterocycles. The van der Waals surface area contributed by atoms with Crippen LogP contribution < -0.4 is 11.1 Å². The zero-order valence-corrected chi connectivity index (χ0v) is 5.13. The molecule has 1 rings (SSSR count). The standard InChI is InChI=1S/C6H10N2O/c7-6(9)8-5-3-1-2-4-5/h1,3,5H,2,4H2,(H3,7,8,9). The minimum atomic E-state index is -0.438. The van der Waals surface area contributed by atoms with Crippen LogP contribution in [-0.2, 0) is 0 Å². The van der Waals surface area contributed by atoms with Crippen molar-refractivity contribution < 1.29 is 4.79 Å². The summed E-state index contributed by atoms with van der Waals surface area (Å²) in [5.41, 5.74) is 4.89. The minimum Gasteiger partial charge on any atom is -0.352 e. The Kier molecular flexibility index (Phi) is 1.72. The van der Waals surface area contributed by atoms with Gasteiger partial charge in [0.25, 0.3) is 0 Å². The maximum absolute atomic E-state index is 10.2. The Morgan fingerprint density at radius 3 is 3.00 bits per heavy atom. The van der Waals surface area contributed by atoms with Crippen molar-refractivity contribution >= 4 is 6.03 Å². The Balaban J connectivity index is 2.28. The van der Waals surface area contributed by atoms with E-state index in [0.717, 1.165) is 12.8 Å². The molecule has 0 aromatic heterocycles. The molecule has 1 unspecified atom stereocenters. The predicted octanol–water partition coefficient (Wildman–Crippen LogP) is 0.373. The van der Waals surface area contributed by atoms with Crippen LogP contribution in [0.5, 0.6) is 0 Å². The average Bonchev–Trinajstić information content (AvgIpc) is 2.15. The smallest absolute Gasteiger partial charge is 0.312 e. The minimum absolute atomic E-state index is 0.183. The van der Waals surface area contributed by atoms with Crippen LogP contribution in [0.25, 0.3) is 0 Å². The van der Waals surface area contributed by atoms with E-state index >= 15 is 0 Å². The Bertz CT molecular complexity index is 142. The van der Waals surface area contributed by atoms with Crippen LogP contribution in [0, 0.1) is 0 Å². The molecule has 50 valence electrons. The van der Waals surface area contributed by atoms with Crippen LogP contribution in [-0.4, -0.2) is 12.1 Å². The molecule has 0 aromatic carbocycles. The summed E-state index contributed by atoms with van der Waals surface area (Å²) in [5, 5.41) is 2.59. The molecule has 0 saturated heterocycles. The van der Waals surface area contributed by atoms with E-state index in [1.54, 1.807) is 0 Å². The Hall–Kier alpha value is -0.990. The summed E-state index contributed by atoms with van der Waals surface area (Å²) in [4.78, 5) is 10.2. The molecular formula is C6H10N2O. The van der Waals surface area contributed by atoms with Crippen molar-refractivity contribution in [2.75, 3.05) is 0 Å². The van der Waals surface area contributed by atoms with Crippen molar-refractivity contribution in [3.05, 3.63) is 12.2 Å².